The summed E-state index contributed by atoms with van der Waals surface area (Å²) in [6.07, 6.45) is 1.28. The van der Waals surface area contributed by atoms with Crippen LogP contribution < -0.4 is 0 Å². The zero-order valence-electron chi connectivity index (χ0n) is 9.27. The van der Waals surface area contributed by atoms with Gasteiger partial charge in [0.25, 0.3) is 0 Å². The van der Waals surface area contributed by atoms with Crippen molar-refractivity contribution >= 4 is 5.97 Å². The lowest BCUT2D eigenvalue weighted by Gasteiger charge is -2.11. The number of aliphatic carboxylic acids is 1. The minimum Gasteiger partial charge on any atom is -0.478 e. The monoisotopic (exact) mass is 218 g/mol. The number of rotatable bonds is 7. The van der Waals surface area contributed by atoms with E-state index in [1.807, 2.05) is 6.92 Å². The average Bonchev–Trinajstić information content (AvgIpc) is 2.10. The first kappa shape index (κ1) is 13.9. The molecule has 0 aliphatic heterocycles. The first-order valence-electron chi connectivity index (χ1n) is 4.80. The molecule has 0 aromatic carbocycles. The Morgan fingerprint density at radius 1 is 1.47 bits per heavy atom. The molecule has 0 radical (unpaired) electrons. The van der Waals surface area contributed by atoms with E-state index >= 15 is 0 Å². The van der Waals surface area contributed by atoms with Gasteiger partial charge < -0.3 is 15.1 Å². The fourth-order valence-corrected chi connectivity index (χ4v) is 0.962. The van der Waals surface area contributed by atoms with E-state index in [9.17, 15) is 4.79 Å². The van der Waals surface area contributed by atoms with Crippen LogP contribution >= 0.6 is 0 Å². The van der Waals surface area contributed by atoms with Gasteiger partial charge in [0.1, 0.15) is 6.26 Å². The third kappa shape index (κ3) is 7.96. The fraction of sp³-hybridized carbons (Fsp3) is 0.700. The van der Waals surface area contributed by atoms with Crippen LogP contribution in [0.5, 0.6) is 0 Å². The van der Waals surface area contributed by atoms with Crippen LogP contribution in [0.2, 0.25) is 0 Å². The molecule has 0 rings (SSSR count). The molecular weight excluding hydrogens is 200 g/mol. The highest BCUT2D eigenvalue weighted by Crippen LogP contribution is 2.06. The fourth-order valence-electron chi connectivity index (χ4n) is 0.962. The van der Waals surface area contributed by atoms with Crippen LogP contribution in [-0.4, -0.2) is 28.9 Å². The predicted octanol–water partition coefficient (Wildman–Crippen LogP) is 1.33. The van der Waals surface area contributed by atoms with E-state index in [0.29, 0.717) is 13.0 Å². The van der Waals surface area contributed by atoms with Crippen molar-refractivity contribution in [2.24, 2.45) is 5.92 Å². The lowest BCUT2D eigenvalue weighted by molar-refractivity contribution is -0.257. The third-order valence-corrected chi connectivity index (χ3v) is 1.73. The summed E-state index contributed by atoms with van der Waals surface area (Å²) < 4.78 is 0. The summed E-state index contributed by atoms with van der Waals surface area (Å²) in [5, 5.41) is 17.5. The van der Waals surface area contributed by atoms with Crippen molar-refractivity contribution in [1.82, 2.24) is 0 Å². The Hall–Kier alpha value is -1.07. The molecule has 2 N–H and O–H groups in total. The first-order chi connectivity index (χ1) is 6.93. The zero-order valence-corrected chi connectivity index (χ0v) is 9.27. The summed E-state index contributed by atoms with van der Waals surface area (Å²) >= 11 is 0. The van der Waals surface area contributed by atoms with Crippen LogP contribution in [0.3, 0.4) is 0 Å². The van der Waals surface area contributed by atoms with Gasteiger partial charge in [-0.2, -0.15) is 4.89 Å². The van der Waals surface area contributed by atoms with Gasteiger partial charge in [-0.05, 0) is 26.2 Å². The molecule has 0 saturated heterocycles. The molecule has 0 aliphatic carbocycles. The maximum atomic E-state index is 10.3. The Balaban J connectivity index is 3.62. The maximum Gasteiger partial charge on any atom is 0.334 e. The van der Waals surface area contributed by atoms with Gasteiger partial charge in [-0.25, -0.2) is 4.79 Å². The quantitative estimate of drug-likeness (QED) is 0.222. The molecule has 0 aromatic heterocycles. The molecule has 5 heteroatoms. The van der Waals surface area contributed by atoms with Crippen LogP contribution in [-0.2, 0) is 14.6 Å². The summed E-state index contributed by atoms with van der Waals surface area (Å²) in [5.74, 6) is -0.890. The van der Waals surface area contributed by atoms with Crippen LogP contribution in [0.1, 0.15) is 27.2 Å². The number of carboxylic acids is 1. The molecule has 15 heavy (non-hydrogen) atoms. The van der Waals surface area contributed by atoms with Crippen molar-refractivity contribution in [2.75, 3.05) is 6.61 Å². The van der Waals surface area contributed by atoms with Crippen molar-refractivity contribution < 1.29 is 24.8 Å². The normalized spacial score (nSPS) is 15.9. The van der Waals surface area contributed by atoms with E-state index in [2.05, 4.69) is 4.89 Å². The van der Waals surface area contributed by atoms with Gasteiger partial charge in [0.05, 0.1) is 18.3 Å². The second-order valence-electron chi connectivity index (χ2n) is 3.68. The van der Waals surface area contributed by atoms with Gasteiger partial charge in [-0.15, -0.1) is 0 Å². The highest BCUT2D eigenvalue weighted by molar-refractivity contribution is 5.85. The summed E-state index contributed by atoms with van der Waals surface area (Å²) in [4.78, 5) is 19.7. The minimum absolute atomic E-state index is 0.0678. The zero-order chi connectivity index (χ0) is 11.8. The summed E-state index contributed by atoms with van der Waals surface area (Å²) in [7, 11) is 0. The standard InChI is InChI=1S/C10H18O5/c1-7(4-9(3)11)5-14-15-6-8(2)10(12)13/h6-7,9,11H,4-5H2,1-3H3,(H,12,13)/b8-6+. The summed E-state index contributed by atoms with van der Waals surface area (Å²) in [5.41, 5.74) is 0.0678. The van der Waals surface area contributed by atoms with E-state index in [-0.39, 0.29) is 17.6 Å². The van der Waals surface area contributed by atoms with Crippen molar-refractivity contribution in [3.05, 3.63) is 11.8 Å². The molecule has 0 fully saturated rings. The van der Waals surface area contributed by atoms with Crippen molar-refractivity contribution in [1.29, 1.82) is 0 Å². The lowest BCUT2D eigenvalue weighted by Crippen LogP contribution is -2.12. The van der Waals surface area contributed by atoms with Crippen LogP contribution in [0, 0.1) is 5.92 Å². The van der Waals surface area contributed by atoms with Crippen molar-refractivity contribution in [2.45, 2.75) is 33.3 Å². The molecule has 0 aliphatic rings. The van der Waals surface area contributed by atoms with Gasteiger partial charge >= 0.3 is 5.97 Å². The number of carbonyl (C=O) groups is 1. The molecule has 0 heterocycles. The van der Waals surface area contributed by atoms with Gasteiger partial charge in [-0.3, -0.25) is 0 Å². The molecule has 88 valence electrons. The predicted molar refractivity (Wildman–Crippen MR) is 53.9 cm³/mol. The third-order valence-electron chi connectivity index (χ3n) is 1.73. The SMILES string of the molecule is C/C(=C\OOCC(C)CC(C)O)C(=O)O. The molecule has 0 spiro atoms. The minimum atomic E-state index is -1.05. The van der Waals surface area contributed by atoms with Gasteiger partial charge in [-0.1, -0.05) is 6.92 Å². The largest absolute Gasteiger partial charge is 0.478 e. The number of hydrogen-bond donors (Lipinski definition) is 2. The molecule has 0 aromatic rings. The lowest BCUT2D eigenvalue weighted by atomic mass is 10.1. The molecule has 2 atom stereocenters. The Labute approximate surface area is 89.2 Å². The Morgan fingerprint density at radius 2 is 2.07 bits per heavy atom. The van der Waals surface area contributed by atoms with Gasteiger partial charge in [0.2, 0.25) is 0 Å². The molecule has 0 amide bonds. The van der Waals surface area contributed by atoms with Crippen molar-refractivity contribution in [3.63, 3.8) is 0 Å². The second kappa shape index (κ2) is 7.25. The number of aliphatic hydroxyl groups excluding tert-OH is 1. The highest BCUT2D eigenvalue weighted by Gasteiger charge is 2.06. The molecule has 5 nitrogen and oxygen atoms in total. The number of aliphatic hydroxyl groups is 1. The molecule has 0 bridgehead atoms. The van der Waals surface area contributed by atoms with E-state index < -0.39 is 5.97 Å². The highest BCUT2D eigenvalue weighted by atomic mass is 17.2. The second-order valence-corrected chi connectivity index (χ2v) is 3.68. The maximum absolute atomic E-state index is 10.3. The van der Waals surface area contributed by atoms with E-state index in [1.54, 1.807) is 6.92 Å². The summed E-state index contributed by atoms with van der Waals surface area (Å²) in [6, 6.07) is 0. The topological polar surface area (TPSA) is 76.0 Å². The Kier molecular flexibility index (Phi) is 6.73. The molecular formula is C10H18O5. The number of hydrogen-bond acceptors (Lipinski definition) is 4. The van der Waals surface area contributed by atoms with E-state index in [0.717, 1.165) is 6.26 Å². The Morgan fingerprint density at radius 3 is 2.53 bits per heavy atom. The van der Waals surface area contributed by atoms with Crippen LogP contribution in [0.4, 0.5) is 0 Å². The van der Waals surface area contributed by atoms with Crippen molar-refractivity contribution in [3.8, 4) is 0 Å². The Bertz CT molecular complexity index is 222. The average molecular weight is 218 g/mol. The number of carboxylic acid groups (broad SMARTS) is 1. The van der Waals surface area contributed by atoms with E-state index in [4.69, 9.17) is 15.1 Å². The first-order valence-corrected chi connectivity index (χ1v) is 4.80. The smallest absolute Gasteiger partial charge is 0.334 e. The van der Waals surface area contributed by atoms with Crippen LogP contribution in [0.25, 0.3) is 0 Å². The van der Waals surface area contributed by atoms with E-state index in [1.165, 1.54) is 6.92 Å². The molecule has 2 unspecified atom stereocenters. The summed E-state index contributed by atoms with van der Waals surface area (Å²) in [6.45, 7) is 5.33. The van der Waals surface area contributed by atoms with Gasteiger partial charge in [0.15, 0.2) is 0 Å². The molecule has 0 saturated carbocycles. The van der Waals surface area contributed by atoms with Gasteiger partial charge in [0, 0.05) is 0 Å². The van der Waals surface area contributed by atoms with Crippen LogP contribution in [0.15, 0.2) is 11.8 Å².